The standard InChI is InChI=1S/C8H14N2O4/c11-2-4-14-3-1-9-6-5-7(12)10-8(6)13/h6,9,11H,1-5H2,(H,10,12,13). The maximum Gasteiger partial charge on any atom is 0.244 e. The van der Waals surface area contributed by atoms with Crippen LogP contribution in [0.1, 0.15) is 6.42 Å². The van der Waals surface area contributed by atoms with Gasteiger partial charge in [-0.15, -0.1) is 0 Å². The van der Waals surface area contributed by atoms with Crippen molar-refractivity contribution < 1.29 is 19.4 Å². The van der Waals surface area contributed by atoms with Crippen molar-refractivity contribution in [2.24, 2.45) is 0 Å². The fourth-order valence-corrected chi connectivity index (χ4v) is 1.19. The summed E-state index contributed by atoms with van der Waals surface area (Å²) in [5.74, 6) is -0.527. The Kier molecular flexibility index (Phi) is 4.51. The van der Waals surface area contributed by atoms with Crippen molar-refractivity contribution in [2.75, 3.05) is 26.4 Å². The van der Waals surface area contributed by atoms with Gasteiger partial charge in [0.1, 0.15) is 0 Å². The summed E-state index contributed by atoms with van der Waals surface area (Å²) in [5, 5.41) is 13.5. The monoisotopic (exact) mass is 202 g/mol. The fourth-order valence-electron chi connectivity index (χ4n) is 1.19. The molecule has 0 aromatic carbocycles. The van der Waals surface area contributed by atoms with E-state index in [2.05, 4.69) is 10.6 Å². The molecule has 0 bridgehead atoms. The summed E-state index contributed by atoms with van der Waals surface area (Å²) in [6.45, 7) is 1.18. The number of nitrogens with one attached hydrogen (secondary N) is 2. The molecule has 3 N–H and O–H groups in total. The van der Waals surface area contributed by atoms with E-state index in [4.69, 9.17) is 9.84 Å². The van der Waals surface area contributed by atoms with Crippen molar-refractivity contribution in [2.45, 2.75) is 12.5 Å². The minimum atomic E-state index is -0.430. The SMILES string of the molecule is O=C1CC(NCCOCCO)C(=O)N1. The lowest BCUT2D eigenvalue weighted by atomic mass is 10.2. The summed E-state index contributed by atoms with van der Waals surface area (Å²) in [4.78, 5) is 21.8. The molecule has 1 saturated heterocycles. The predicted molar refractivity (Wildman–Crippen MR) is 47.5 cm³/mol. The zero-order chi connectivity index (χ0) is 10.4. The third-order valence-electron chi connectivity index (χ3n) is 1.84. The third kappa shape index (κ3) is 3.41. The van der Waals surface area contributed by atoms with Gasteiger partial charge in [0, 0.05) is 6.54 Å². The molecule has 80 valence electrons. The molecule has 1 aliphatic rings. The zero-order valence-electron chi connectivity index (χ0n) is 7.78. The Morgan fingerprint density at radius 1 is 1.50 bits per heavy atom. The molecule has 1 atom stereocenters. The molecule has 1 unspecified atom stereocenters. The van der Waals surface area contributed by atoms with Crippen LogP contribution in [0.25, 0.3) is 0 Å². The van der Waals surface area contributed by atoms with Gasteiger partial charge >= 0.3 is 0 Å². The second-order valence-corrected chi connectivity index (χ2v) is 2.96. The summed E-state index contributed by atoms with van der Waals surface area (Å²) < 4.78 is 4.98. The summed E-state index contributed by atoms with van der Waals surface area (Å²) in [6, 6.07) is -0.430. The molecule has 1 heterocycles. The Bertz CT molecular complexity index is 219. The molecule has 0 spiro atoms. The average Bonchev–Trinajstić information content (AvgIpc) is 2.45. The molecule has 14 heavy (non-hydrogen) atoms. The lowest BCUT2D eigenvalue weighted by molar-refractivity contribution is -0.125. The molecule has 6 nitrogen and oxygen atoms in total. The van der Waals surface area contributed by atoms with Crippen LogP contribution in [0, 0.1) is 0 Å². The van der Waals surface area contributed by atoms with Gasteiger partial charge in [-0.25, -0.2) is 0 Å². The Labute approximate surface area is 81.6 Å². The maximum absolute atomic E-state index is 11.0. The molecule has 1 fully saturated rings. The van der Waals surface area contributed by atoms with Crippen molar-refractivity contribution in [3.05, 3.63) is 0 Å². The maximum atomic E-state index is 11.0. The number of ether oxygens (including phenoxy) is 1. The predicted octanol–water partition coefficient (Wildman–Crippen LogP) is -2.00. The molecule has 1 rings (SSSR count). The molecule has 1 aliphatic heterocycles. The van der Waals surface area contributed by atoms with Crippen LogP contribution in [0.2, 0.25) is 0 Å². The van der Waals surface area contributed by atoms with Crippen molar-refractivity contribution in [1.82, 2.24) is 10.6 Å². The van der Waals surface area contributed by atoms with Gasteiger partial charge < -0.3 is 15.2 Å². The molecule has 6 heteroatoms. The van der Waals surface area contributed by atoms with Crippen LogP contribution in [0.5, 0.6) is 0 Å². The topological polar surface area (TPSA) is 87.7 Å². The number of aliphatic hydroxyl groups is 1. The van der Waals surface area contributed by atoms with Crippen LogP contribution in [0.15, 0.2) is 0 Å². The van der Waals surface area contributed by atoms with Gasteiger partial charge in [-0.05, 0) is 0 Å². The molecular weight excluding hydrogens is 188 g/mol. The normalized spacial score (nSPS) is 21.4. The number of carbonyl (C=O) groups excluding carboxylic acids is 2. The van der Waals surface area contributed by atoms with Gasteiger partial charge in [0.05, 0.1) is 32.3 Å². The summed E-state index contributed by atoms with van der Waals surface area (Å²) in [7, 11) is 0. The van der Waals surface area contributed by atoms with Crippen LogP contribution < -0.4 is 10.6 Å². The third-order valence-corrected chi connectivity index (χ3v) is 1.84. The summed E-state index contributed by atoms with van der Waals surface area (Å²) in [6.07, 6.45) is 0.193. The lowest BCUT2D eigenvalue weighted by Crippen LogP contribution is -2.38. The number of hydrogen-bond donors (Lipinski definition) is 3. The number of amides is 2. The van der Waals surface area contributed by atoms with E-state index in [0.29, 0.717) is 13.2 Å². The Hall–Kier alpha value is -0.980. The Morgan fingerprint density at radius 3 is 2.86 bits per heavy atom. The minimum absolute atomic E-state index is 0.0115. The first-order valence-electron chi connectivity index (χ1n) is 4.49. The second kappa shape index (κ2) is 5.69. The smallest absolute Gasteiger partial charge is 0.244 e. The number of imide groups is 1. The first-order chi connectivity index (χ1) is 6.74. The van der Waals surface area contributed by atoms with Gasteiger partial charge in [-0.3, -0.25) is 14.9 Å². The highest BCUT2D eigenvalue weighted by Gasteiger charge is 2.29. The first-order valence-corrected chi connectivity index (χ1v) is 4.49. The molecule has 0 aromatic rings. The lowest BCUT2D eigenvalue weighted by Gasteiger charge is -2.08. The minimum Gasteiger partial charge on any atom is -0.394 e. The first kappa shape index (κ1) is 11.1. The summed E-state index contributed by atoms with van der Waals surface area (Å²) in [5.41, 5.74) is 0. The van der Waals surface area contributed by atoms with Crippen LogP contribution in [0.3, 0.4) is 0 Å². The van der Waals surface area contributed by atoms with E-state index in [9.17, 15) is 9.59 Å². The average molecular weight is 202 g/mol. The highest BCUT2D eigenvalue weighted by molar-refractivity contribution is 6.05. The van der Waals surface area contributed by atoms with Gasteiger partial charge in [0.2, 0.25) is 11.8 Å². The van der Waals surface area contributed by atoms with Gasteiger partial charge in [-0.1, -0.05) is 0 Å². The highest BCUT2D eigenvalue weighted by atomic mass is 16.5. The zero-order valence-corrected chi connectivity index (χ0v) is 7.78. The van der Waals surface area contributed by atoms with E-state index in [1.165, 1.54) is 0 Å². The van der Waals surface area contributed by atoms with E-state index in [-0.39, 0.29) is 31.4 Å². The van der Waals surface area contributed by atoms with Crippen LogP contribution >= 0.6 is 0 Å². The van der Waals surface area contributed by atoms with Crippen molar-refractivity contribution >= 4 is 11.8 Å². The Morgan fingerprint density at radius 2 is 2.29 bits per heavy atom. The van der Waals surface area contributed by atoms with E-state index in [1.54, 1.807) is 0 Å². The van der Waals surface area contributed by atoms with Gasteiger partial charge in [-0.2, -0.15) is 0 Å². The van der Waals surface area contributed by atoms with Crippen LogP contribution in [0.4, 0.5) is 0 Å². The van der Waals surface area contributed by atoms with Gasteiger partial charge in [0.15, 0.2) is 0 Å². The Balaban J connectivity index is 2.07. The van der Waals surface area contributed by atoms with E-state index >= 15 is 0 Å². The number of hydrogen-bond acceptors (Lipinski definition) is 5. The highest BCUT2D eigenvalue weighted by Crippen LogP contribution is 2.00. The largest absolute Gasteiger partial charge is 0.394 e. The molecule has 0 radical (unpaired) electrons. The molecular formula is C8H14N2O4. The number of rotatable bonds is 6. The number of aliphatic hydroxyl groups excluding tert-OH is 1. The van der Waals surface area contributed by atoms with Crippen molar-refractivity contribution in [1.29, 1.82) is 0 Å². The van der Waals surface area contributed by atoms with Crippen molar-refractivity contribution in [3.63, 3.8) is 0 Å². The molecule has 0 saturated carbocycles. The number of carbonyl (C=O) groups is 2. The van der Waals surface area contributed by atoms with Crippen LogP contribution in [-0.2, 0) is 14.3 Å². The summed E-state index contributed by atoms with van der Waals surface area (Å²) >= 11 is 0. The van der Waals surface area contributed by atoms with E-state index in [0.717, 1.165) is 0 Å². The van der Waals surface area contributed by atoms with E-state index in [1.807, 2.05) is 0 Å². The molecule has 0 aromatic heterocycles. The second-order valence-electron chi connectivity index (χ2n) is 2.96. The van der Waals surface area contributed by atoms with Crippen molar-refractivity contribution in [3.8, 4) is 0 Å². The molecule has 2 amide bonds. The van der Waals surface area contributed by atoms with Gasteiger partial charge in [0.25, 0.3) is 0 Å². The fraction of sp³-hybridized carbons (Fsp3) is 0.750. The quantitative estimate of drug-likeness (QED) is 0.342. The van der Waals surface area contributed by atoms with E-state index < -0.39 is 6.04 Å². The van der Waals surface area contributed by atoms with Crippen LogP contribution in [-0.4, -0.2) is 49.3 Å². The molecule has 0 aliphatic carbocycles.